The lowest BCUT2D eigenvalue weighted by atomic mass is 9.92. The quantitative estimate of drug-likeness (QED) is 0.908. The van der Waals surface area contributed by atoms with Crippen molar-refractivity contribution in [2.45, 2.75) is 44.4 Å². The fraction of sp³-hybridized carbons (Fsp3) is 0.438. The number of hydrogen-bond acceptors (Lipinski definition) is 3. The molecule has 1 aromatic carbocycles. The van der Waals surface area contributed by atoms with Crippen molar-refractivity contribution >= 4 is 0 Å². The molecule has 5 heteroatoms. The maximum atomic E-state index is 12.9. The van der Waals surface area contributed by atoms with Gasteiger partial charge in [-0.1, -0.05) is 12.8 Å². The van der Waals surface area contributed by atoms with Crippen molar-refractivity contribution in [1.82, 2.24) is 15.1 Å². The Morgan fingerprint density at radius 1 is 1.24 bits per heavy atom. The molecule has 0 saturated heterocycles. The van der Waals surface area contributed by atoms with Gasteiger partial charge in [-0.15, -0.1) is 0 Å². The third kappa shape index (κ3) is 3.49. The van der Waals surface area contributed by atoms with Crippen LogP contribution in [0.25, 0.3) is 5.69 Å². The second-order valence-electron chi connectivity index (χ2n) is 5.61. The summed E-state index contributed by atoms with van der Waals surface area (Å²) in [5.74, 6) is -0.251. The predicted molar refractivity (Wildman–Crippen MR) is 78.6 cm³/mol. The molecule has 21 heavy (non-hydrogen) atoms. The summed E-state index contributed by atoms with van der Waals surface area (Å²) in [5.41, 5.74) is 1.89. The van der Waals surface area contributed by atoms with E-state index < -0.39 is 0 Å². The van der Waals surface area contributed by atoms with Crippen LogP contribution in [0.2, 0.25) is 0 Å². The summed E-state index contributed by atoms with van der Waals surface area (Å²) in [7, 11) is 0. The molecule has 1 fully saturated rings. The largest absolute Gasteiger partial charge is 0.392 e. The maximum absolute atomic E-state index is 12.9. The van der Waals surface area contributed by atoms with Gasteiger partial charge in [-0.2, -0.15) is 5.10 Å². The first-order valence-electron chi connectivity index (χ1n) is 7.43. The zero-order valence-electron chi connectivity index (χ0n) is 11.9. The number of hydrogen-bond donors (Lipinski definition) is 2. The molecule has 1 aromatic heterocycles. The van der Waals surface area contributed by atoms with Gasteiger partial charge in [0.2, 0.25) is 0 Å². The molecule has 4 nitrogen and oxygen atoms in total. The zero-order chi connectivity index (χ0) is 14.7. The standard InChI is InChI=1S/C16H20FN3O/c17-13-5-7-14(8-6-13)20-11-12(10-19-20)9-18-15-3-1-2-4-16(15)21/h5-8,10-11,15-16,18,21H,1-4,9H2. The number of aliphatic hydroxyl groups excluding tert-OH is 1. The number of nitrogens with one attached hydrogen (secondary N) is 1. The molecule has 0 aliphatic heterocycles. The maximum Gasteiger partial charge on any atom is 0.123 e. The van der Waals surface area contributed by atoms with E-state index in [0.29, 0.717) is 6.54 Å². The van der Waals surface area contributed by atoms with E-state index in [-0.39, 0.29) is 18.0 Å². The summed E-state index contributed by atoms with van der Waals surface area (Å²) in [6.07, 6.45) is 7.66. The highest BCUT2D eigenvalue weighted by atomic mass is 19.1. The van der Waals surface area contributed by atoms with E-state index in [1.165, 1.54) is 18.6 Å². The van der Waals surface area contributed by atoms with Gasteiger partial charge >= 0.3 is 0 Å². The molecule has 2 aromatic rings. The Hall–Kier alpha value is -1.72. The number of aromatic nitrogens is 2. The smallest absolute Gasteiger partial charge is 0.123 e. The second kappa shape index (κ2) is 6.37. The first kappa shape index (κ1) is 14.2. The summed E-state index contributed by atoms with van der Waals surface area (Å²) in [6.45, 7) is 0.683. The zero-order valence-corrected chi connectivity index (χ0v) is 11.9. The number of benzene rings is 1. The SMILES string of the molecule is OC1CCCCC1NCc1cnn(-c2ccc(F)cc2)c1. The summed E-state index contributed by atoms with van der Waals surface area (Å²) in [5, 5.41) is 17.6. The molecule has 2 atom stereocenters. The van der Waals surface area contributed by atoms with E-state index in [0.717, 1.165) is 30.5 Å². The van der Waals surface area contributed by atoms with Gasteiger partial charge in [0, 0.05) is 24.3 Å². The summed E-state index contributed by atoms with van der Waals surface area (Å²) < 4.78 is 14.6. The summed E-state index contributed by atoms with van der Waals surface area (Å²) in [6, 6.07) is 6.42. The van der Waals surface area contributed by atoms with Crippen molar-refractivity contribution in [3.05, 3.63) is 48.0 Å². The molecule has 1 heterocycles. The highest BCUT2D eigenvalue weighted by Crippen LogP contribution is 2.19. The monoisotopic (exact) mass is 289 g/mol. The van der Waals surface area contributed by atoms with E-state index in [1.807, 2.05) is 6.20 Å². The van der Waals surface area contributed by atoms with Gasteiger partial charge in [-0.3, -0.25) is 0 Å². The number of nitrogens with zero attached hydrogens (tertiary/aromatic N) is 2. The van der Waals surface area contributed by atoms with Gasteiger partial charge in [0.1, 0.15) is 5.82 Å². The fourth-order valence-electron chi connectivity index (χ4n) is 2.78. The van der Waals surface area contributed by atoms with Crippen LogP contribution in [-0.4, -0.2) is 27.0 Å². The van der Waals surface area contributed by atoms with Gasteiger partial charge in [0.15, 0.2) is 0 Å². The molecule has 3 rings (SSSR count). The molecule has 112 valence electrons. The molecular formula is C16H20FN3O. The van der Waals surface area contributed by atoms with Crippen LogP contribution in [0, 0.1) is 5.82 Å². The van der Waals surface area contributed by atoms with Crippen LogP contribution < -0.4 is 5.32 Å². The topological polar surface area (TPSA) is 50.1 Å². The third-order valence-corrected chi connectivity index (χ3v) is 4.03. The lowest BCUT2D eigenvalue weighted by Gasteiger charge is -2.28. The lowest BCUT2D eigenvalue weighted by molar-refractivity contribution is 0.0902. The normalized spacial score (nSPS) is 22.4. The van der Waals surface area contributed by atoms with Crippen molar-refractivity contribution < 1.29 is 9.50 Å². The van der Waals surface area contributed by atoms with Gasteiger partial charge in [0.05, 0.1) is 18.0 Å². The number of rotatable bonds is 4. The molecule has 1 aliphatic rings. The molecular weight excluding hydrogens is 269 g/mol. The molecule has 1 saturated carbocycles. The molecule has 2 unspecified atom stereocenters. The van der Waals surface area contributed by atoms with Crippen LogP contribution in [0.15, 0.2) is 36.7 Å². The van der Waals surface area contributed by atoms with Crippen molar-refractivity contribution in [2.24, 2.45) is 0 Å². The van der Waals surface area contributed by atoms with Crippen LogP contribution in [0.1, 0.15) is 31.2 Å². The first-order chi connectivity index (χ1) is 10.2. The van der Waals surface area contributed by atoms with Crippen LogP contribution in [-0.2, 0) is 6.54 Å². The third-order valence-electron chi connectivity index (χ3n) is 4.03. The van der Waals surface area contributed by atoms with Crippen molar-refractivity contribution in [3.63, 3.8) is 0 Å². The molecule has 0 radical (unpaired) electrons. The summed E-state index contributed by atoms with van der Waals surface area (Å²) >= 11 is 0. The Kier molecular flexibility index (Phi) is 4.31. The lowest BCUT2D eigenvalue weighted by Crippen LogP contribution is -2.41. The Labute approximate surface area is 123 Å². The van der Waals surface area contributed by atoms with Crippen LogP contribution in [0.3, 0.4) is 0 Å². The van der Waals surface area contributed by atoms with Gasteiger partial charge in [0.25, 0.3) is 0 Å². The predicted octanol–water partition coefficient (Wildman–Crippen LogP) is 2.40. The van der Waals surface area contributed by atoms with Gasteiger partial charge in [-0.05, 0) is 37.1 Å². The summed E-state index contributed by atoms with van der Waals surface area (Å²) in [4.78, 5) is 0. The fourth-order valence-corrected chi connectivity index (χ4v) is 2.78. The van der Waals surface area contributed by atoms with Crippen molar-refractivity contribution in [2.75, 3.05) is 0 Å². The van der Waals surface area contributed by atoms with E-state index in [4.69, 9.17) is 0 Å². The first-order valence-corrected chi connectivity index (χ1v) is 7.43. The van der Waals surface area contributed by atoms with Gasteiger partial charge < -0.3 is 10.4 Å². The number of aliphatic hydroxyl groups is 1. The van der Waals surface area contributed by atoms with Gasteiger partial charge in [-0.25, -0.2) is 9.07 Å². The van der Waals surface area contributed by atoms with Crippen LogP contribution in [0.5, 0.6) is 0 Å². The molecule has 0 spiro atoms. The second-order valence-corrected chi connectivity index (χ2v) is 5.61. The minimum Gasteiger partial charge on any atom is -0.392 e. The molecule has 1 aliphatic carbocycles. The Morgan fingerprint density at radius 2 is 2.00 bits per heavy atom. The van der Waals surface area contributed by atoms with E-state index >= 15 is 0 Å². The average molecular weight is 289 g/mol. The van der Waals surface area contributed by atoms with Crippen LogP contribution >= 0.6 is 0 Å². The Balaban J connectivity index is 1.61. The average Bonchev–Trinajstić information content (AvgIpc) is 2.96. The van der Waals surface area contributed by atoms with E-state index in [1.54, 1.807) is 23.0 Å². The molecule has 2 N–H and O–H groups in total. The van der Waals surface area contributed by atoms with E-state index in [2.05, 4.69) is 10.4 Å². The van der Waals surface area contributed by atoms with Crippen molar-refractivity contribution in [3.8, 4) is 5.69 Å². The minimum atomic E-state index is -0.251. The molecule has 0 amide bonds. The van der Waals surface area contributed by atoms with Crippen LogP contribution in [0.4, 0.5) is 4.39 Å². The highest BCUT2D eigenvalue weighted by Gasteiger charge is 2.22. The Bertz CT molecular complexity index is 581. The number of halogens is 1. The minimum absolute atomic E-state index is 0.174. The van der Waals surface area contributed by atoms with E-state index in [9.17, 15) is 9.50 Å². The Morgan fingerprint density at radius 3 is 2.76 bits per heavy atom. The molecule has 0 bridgehead atoms. The highest BCUT2D eigenvalue weighted by molar-refractivity contribution is 5.31. The van der Waals surface area contributed by atoms with Crippen molar-refractivity contribution in [1.29, 1.82) is 0 Å².